The molecular weight excluding hydrogens is 248 g/mol. The lowest BCUT2D eigenvalue weighted by Gasteiger charge is -2.15. The Morgan fingerprint density at radius 1 is 1.42 bits per heavy atom. The zero-order chi connectivity index (χ0) is 14.4. The van der Waals surface area contributed by atoms with Gasteiger partial charge in [0.1, 0.15) is 0 Å². The highest BCUT2D eigenvalue weighted by molar-refractivity contribution is 5.94. The fraction of sp³-hybridized carbons (Fsp3) is 0.385. The number of urea groups is 1. The Labute approximate surface area is 111 Å². The van der Waals surface area contributed by atoms with E-state index in [-0.39, 0.29) is 11.6 Å². The molecule has 0 aliphatic carbocycles. The first kappa shape index (κ1) is 15.0. The summed E-state index contributed by atoms with van der Waals surface area (Å²) >= 11 is 0. The maximum atomic E-state index is 11.7. The van der Waals surface area contributed by atoms with Crippen molar-refractivity contribution in [1.82, 2.24) is 5.32 Å². The molecule has 1 atom stereocenters. The molecule has 3 N–H and O–H groups in total. The Kier molecular flexibility index (Phi) is 5.32. The molecule has 6 nitrogen and oxygen atoms in total. The largest absolute Gasteiger partial charge is 0.478 e. The van der Waals surface area contributed by atoms with E-state index >= 15 is 0 Å². The second-order valence-corrected chi connectivity index (χ2v) is 4.29. The van der Waals surface area contributed by atoms with Gasteiger partial charge in [0.25, 0.3) is 0 Å². The van der Waals surface area contributed by atoms with E-state index in [1.54, 1.807) is 20.1 Å². The number of carbonyl (C=O) groups excluding carboxylic acids is 1. The molecule has 0 saturated carbocycles. The number of hydrogen-bond acceptors (Lipinski definition) is 3. The topological polar surface area (TPSA) is 87.7 Å². The zero-order valence-electron chi connectivity index (χ0n) is 11.2. The number of aryl methyl sites for hydroxylation is 1. The van der Waals surface area contributed by atoms with Crippen molar-refractivity contribution in [2.45, 2.75) is 19.9 Å². The summed E-state index contributed by atoms with van der Waals surface area (Å²) in [7, 11) is 1.55. The summed E-state index contributed by atoms with van der Waals surface area (Å²) < 4.78 is 4.91. The van der Waals surface area contributed by atoms with Gasteiger partial charge in [-0.2, -0.15) is 0 Å². The van der Waals surface area contributed by atoms with E-state index in [1.807, 2.05) is 6.92 Å². The van der Waals surface area contributed by atoms with Crippen LogP contribution < -0.4 is 10.6 Å². The van der Waals surface area contributed by atoms with E-state index in [1.165, 1.54) is 12.1 Å². The van der Waals surface area contributed by atoms with Crippen LogP contribution in [0.3, 0.4) is 0 Å². The fourth-order valence-corrected chi connectivity index (χ4v) is 1.56. The Morgan fingerprint density at radius 2 is 2.11 bits per heavy atom. The van der Waals surface area contributed by atoms with Crippen molar-refractivity contribution in [1.29, 1.82) is 0 Å². The molecule has 2 amide bonds. The summed E-state index contributed by atoms with van der Waals surface area (Å²) in [6.07, 6.45) is 0. The highest BCUT2D eigenvalue weighted by atomic mass is 16.5. The van der Waals surface area contributed by atoms with E-state index in [0.717, 1.165) is 5.56 Å². The summed E-state index contributed by atoms with van der Waals surface area (Å²) in [6, 6.07) is 4.05. The molecule has 19 heavy (non-hydrogen) atoms. The maximum absolute atomic E-state index is 11.7. The highest BCUT2D eigenvalue weighted by Gasteiger charge is 2.10. The van der Waals surface area contributed by atoms with E-state index in [2.05, 4.69) is 10.6 Å². The molecule has 0 spiro atoms. The third-order valence-corrected chi connectivity index (χ3v) is 2.53. The van der Waals surface area contributed by atoms with Crippen LogP contribution in [0.15, 0.2) is 18.2 Å². The van der Waals surface area contributed by atoms with E-state index in [0.29, 0.717) is 12.3 Å². The highest BCUT2D eigenvalue weighted by Crippen LogP contribution is 2.16. The summed E-state index contributed by atoms with van der Waals surface area (Å²) in [5, 5.41) is 14.2. The average molecular weight is 266 g/mol. The number of amides is 2. The quantitative estimate of drug-likeness (QED) is 0.759. The van der Waals surface area contributed by atoms with E-state index in [9.17, 15) is 9.59 Å². The van der Waals surface area contributed by atoms with Gasteiger partial charge in [0, 0.05) is 12.8 Å². The van der Waals surface area contributed by atoms with Crippen LogP contribution in [0, 0.1) is 6.92 Å². The van der Waals surface area contributed by atoms with Crippen molar-refractivity contribution in [3.63, 3.8) is 0 Å². The third kappa shape index (κ3) is 4.59. The normalized spacial score (nSPS) is 11.7. The SMILES string of the molecule is COCC(C)NC(=O)Nc1cc(C(=O)O)ccc1C. The molecule has 1 aromatic rings. The lowest BCUT2D eigenvalue weighted by atomic mass is 10.1. The van der Waals surface area contributed by atoms with Gasteiger partial charge < -0.3 is 20.5 Å². The minimum absolute atomic E-state index is 0.130. The monoisotopic (exact) mass is 266 g/mol. The summed E-state index contributed by atoms with van der Waals surface area (Å²) in [6.45, 7) is 4.00. The fourth-order valence-electron chi connectivity index (χ4n) is 1.56. The van der Waals surface area contributed by atoms with Crippen LogP contribution in [0.4, 0.5) is 10.5 Å². The number of anilines is 1. The van der Waals surface area contributed by atoms with Gasteiger partial charge >= 0.3 is 12.0 Å². The number of ether oxygens (including phenoxy) is 1. The Hall–Kier alpha value is -2.08. The minimum Gasteiger partial charge on any atom is -0.478 e. The number of carboxylic acids is 1. The molecule has 0 fully saturated rings. The molecule has 0 radical (unpaired) electrons. The second kappa shape index (κ2) is 6.75. The van der Waals surface area contributed by atoms with Crippen molar-refractivity contribution in [2.24, 2.45) is 0 Å². The van der Waals surface area contributed by atoms with Crippen molar-refractivity contribution in [2.75, 3.05) is 19.0 Å². The number of hydrogen-bond donors (Lipinski definition) is 3. The van der Waals surface area contributed by atoms with Crippen LogP contribution >= 0.6 is 0 Å². The molecule has 104 valence electrons. The molecule has 0 aliphatic rings. The van der Waals surface area contributed by atoms with Crippen molar-refractivity contribution in [3.05, 3.63) is 29.3 Å². The molecule has 0 heterocycles. The van der Waals surface area contributed by atoms with E-state index in [4.69, 9.17) is 9.84 Å². The number of aromatic carboxylic acids is 1. The van der Waals surface area contributed by atoms with Crippen LogP contribution in [0.1, 0.15) is 22.8 Å². The van der Waals surface area contributed by atoms with Crippen molar-refractivity contribution in [3.8, 4) is 0 Å². The van der Waals surface area contributed by atoms with Gasteiger partial charge in [0.15, 0.2) is 0 Å². The molecule has 0 bridgehead atoms. The first-order valence-electron chi connectivity index (χ1n) is 5.84. The molecule has 0 aromatic heterocycles. The molecule has 0 saturated heterocycles. The van der Waals surface area contributed by atoms with Gasteiger partial charge in [0.05, 0.1) is 18.2 Å². The zero-order valence-corrected chi connectivity index (χ0v) is 11.2. The van der Waals surface area contributed by atoms with Crippen molar-refractivity contribution >= 4 is 17.7 Å². The number of benzene rings is 1. The van der Waals surface area contributed by atoms with Gasteiger partial charge in [-0.3, -0.25) is 0 Å². The van der Waals surface area contributed by atoms with Gasteiger partial charge in [-0.25, -0.2) is 9.59 Å². The van der Waals surface area contributed by atoms with Crippen LogP contribution in [-0.2, 0) is 4.74 Å². The average Bonchev–Trinajstić information content (AvgIpc) is 2.31. The smallest absolute Gasteiger partial charge is 0.335 e. The Morgan fingerprint density at radius 3 is 2.68 bits per heavy atom. The van der Waals surface area contributed by atoms with Gasteiger partial charge in [0.2, 0.25) is 0 Å². The van der Waals surface area contributed by atoms with Crippen LogP contribution in [0.25, 0.3) is 0 Å². The molecule has 0 aliphatic heterocycles. The minimum atomic E-state index is -1.03. The van der Waals surface area contributed by atoms with Crippen molar-refractivity contribution < 1.29 is 19.4 Å². The Bertz CT molecular complexity index is 474. The first-order chi connectivity index (χ1) is 8.93. The predicted molar refractivity (Wildman–Crippen MR) is 71.6 cm³/mol. The summed E-state index contributed by atoms with van der Waals surface area (Å²) in [5.41, 5.74) is 1.40. The van der Waals surface area contributed by atoms with Crippen LogP contribution in [0.2, 0.25) is 0 Å². The molecule has 1 aromatic carbocycles. The van der Waals surface area contributed by atoms with E-state index < -0.39 is 12.0 Å². The van der Waals surface area contributed by atoms with Crippen LogP contribution in [0.5, 0.6) is 0 Å². The summed E-state index contributed by atoms with van der Waals surface area (Å²) in [5.74, 6) is -1.03. The third-order valence-electron chi connectivity index (χ3n) is 2.53. The second-order valence-electron chi connectivity index (χ2n) is 4.29. The van der Waals surface area contributed by atoms with Crippen LogP contribution in [-0.4, -0.2) is 36.9 Å². The molecule has 1 unspecified atom stereocenters. The van der Waals surface area contributed by atoms with Gasteiger partial charge in [-0.15, -0.1) is 0 Å². The van der Waals surface area contributed by atoms with Gasteiger partial charge in [-0.05, 0) is 31.5 Å². The first-order valence-corrected chi connectivity index (χ1v) is 5.84. The lowest BCUT2D eigenvalue weighted by Crippen LogP contribution is -2.38. The molecular formula is C13H18N2O4. The number of methoxy groups -OCH3 is 1. The standard InChI is InChI=1S/C13H18N2O4/c1-8-4-5-10(12(16)17)6-11(8)15-13(18)14-9(2)7-19-3/h4-6,9H,7H2,1-3H3,(H,16,17)(H2,14,15,18). The number of rotatable bonds is 5. The summed E-state index contributed by atoms with van der Waals surface area (Å²) in [4.78, 5) is 22.6. The van der Waals surface area contributed by atoms with Gasteiger partial charge in [-0.1, -0.05) is 6.07 Å². The molecule has 1 rings (SSSR count). The number of carboxylic acid groups (broad SMARTS) is 1. The maximum Gasteiger partial charge on any atom is 0.335 e. The lowest BCUT2D eigenvalue weighted by molar-refractivity contribution is 0.0697. The Balaban J connectivity index is 2.73. The molecule has 6 heteroatoms. The predicted octanol–water partition coefficient (Wildman–Crippen LogP) is 1.85. The number of nitrogens with one attached hydrogen (secondary N) is 2. The number of carbonyl (C=O) groups is 2.